The first-order valence-electron chi connectivity index (χ1n) is 10.3. The van der Waals surface area contributed by atoms with E-state index in [2.05, 4.69) is 22.0 Å². The van der Waals surface area contributed by atoms with E-state index >= 15 is 0 Å². The van der Waals surface area contributed by atoms with E-state index in [1.54, 1.807) is 7.11 Å². The number of ether oxygens (including phenoxy) is 1. The topological polar surface area (TPSA) is 154 Å². The van der Waals surface area contributed by atoms with Crippen molar-refractivity contribution >= 4 is 11.9 Å². The maximum atomic E-state index is 9.77. The fourth-order valence-corrected chi connectivity index (χ4v) is 2.98. The highest BCUT2D eigenvalue weighted by Crippen LogP contribution is 2.18. The number of nitrogens with zero attached hydrogens (tertiary/aromatic N) is 2. The summed E-state index contributed by atoms with van der Waals surface area (Å²) in [5, 5.41) is 32.5. The molecule has 0 bridgehead atoms. The number of methoxy groups -OCH3 is 1. The average Bonchev–Trinajstić information content (AvgIpc) is 3.23. The minimum absolute atomic E-state index is 0.738. The molecule has 0 spiro atoms. The molecule has 0 amide bonds. The van der Waals surface area contributed by atoms with Gasteiger partial charge in [0.05, 0.1) is 19.3 Å². The lowest BCUT2D eigenvalue weighted by atomic mass is 10.2. The van der Waals surface area contributed by atoms with Crippen molar-refractivity contribution in [3.05, 3.63) is 83.6 Å². The van der Waals surface area contributed by atoms with Crippen LogP contribution in [0.2, 0.25) is 0 Å². The van der Waals surface area contributed by atoms with Gasteiger partial charge in [0.2, 0.25) is 0 Å². The standard InChI is InChI=1S/C20H22N2O2.C4H6O6/c1-16-9-10-20(24-16)15-22(14-18-7-3-4-11-21-18)13-17-6-5-8-19(12-17)23-2;5-1(3(7)8)2(6)4(9)10/h3-12H,13-15H2,1-2H3;1-2,5-6H,(H,7,8)(H,9,10). The van der Waals surface area contributed by atoms with Crippen molar-refractivity contribution < 1.29 is 39.2 Å². The number of aliphatic hydroxyl groups excluding tert-OH is 2. The predicted molar refractivity (Wildman–Crippen MR) is 121 cm³/mol. The van der Waals surface area contributed by atoms with Crippen LogP contribution in [0, 0.1) is 6.92 Å². The van der Waals surface area contributed by atoms with Crippen LogP contribution in [0.25, 0.3) is 0 Å². The first kappa shape index (κ1) is 26.5. The first-order valence-corrected chi connectivity index (χ1v) is 10.3. The maximum absolute atomic E-state index is 9.77. The Balaban J connectivity index is 0.000000347. The summed E-state index contributed by atoms with van der Waals surface area (Å²) in [6.07, 6.45) is -2.70. The van der Waals surface area contributed by atoms with Gasteiger partial charge in [-0.25, -0.2) is 9.59 Å². The minimum atomic E-state index is -2.27. The number of carbonyl (C=O) groups is 2. The van der Waals surface area contributed by atoms with Crippen LogP contribution in [0.1, 0.15) is 22.8 Å². The van der Waals surface area contributed by atoms with E-state index in [1.165, 1.54) is 5.56 Å². The van der Waals surface area contributed by atoms with Gasteiger partial charge in [-0.1, -0.05) is 18.2 Å². The van der Waals surface area contributed by atoms with Crippen LogP contribution in [-0.4, -0.2) is 61.6 Å². The molecule has 34 heavy (non-hydrogen) atoms. The number of aryl methyl sites for hydroxylation is 1. The highest BCUT2D eigenvalue weighted by atomic mass is 16.5. The summed E-state index contributed by atoms with van der Waals surface area (Å²) >= 11 is 0. The summed E-state index contributed by atoms with van der Waals surface area (Å²) in [5.74, 6) is -0.764. The van der Waals surface area contributed by atoms with Gasteiger partial charge in [-0.15, -0.1) is 0 Å². The van der Waals surface area contributed by atoms with Gasteiger partial charge >= 0.3 is 11.9 Å². The van der Waals surface area contributed by atoms with Crippen molar-refractivity contribution in [1.82, 2.24) is 9.88 Å². The largest absolute Gasteiger partial charge is 0.497 e. The van der Waals surface area contributed by atoms with Gasteiger partial charge in [0.25, 0.3) is 0 Å². The maximum Gasteiger partial charge on any atom is 0.335 e. The van der Waals surface area contributed by atoms with E-state index in [9.17, 15) is 9.59 Å². The van der Waals surface area contributed by atoms with E-state index in [0.717, 1.165) is 42.6 Å². The molecule has 2 heterocycles. The van der Waals surface area contributed by atoms with Crippen LogP contribution in [0.4, 0.5) is 0 Å². The molecule has 0 aliphatic rings. The Morgan fingerprint density at radius 3 is 2.21 bits per heavy atom. The Hall–Kier alpha value is -3.73. The second-order valence-corrected chi connectivity index (χ2v) is 7.40. The normalized spacial score (nSPS) is 12.4. The van der Waals surface area contributed by atoms with Crippen LogP contribution in [0.5, 0.6) is 5.75 Å². The summed E-state index contributed by atoms with van der Waals surface area (Å²) in [5.41, 5.74) is 2.25. The third kappa shape index (κ3) is 8.66. The second kappa shape index (κ2) is 13.1. The number of furan rings is 1. The third-order valence-corrected chi connectivity index (χ3v) is 4.63. The summed E-state index contributed by atoms with van der Waals surface area (Å²) in [6, 6.07) is 18.2. The molecule has 0 fully saturated rings. The number of hydrogen-bond acceptors (Lipinski definition) is 8. The molecule has 0 radical (unpaired) electrons. The van der Waals surface area contributed by atoms with Crippen LogP contribution >= 0.6 is 0 Å². The Morgan fingerprint density at radius 1 is 0.971 bits per heavy atom. The number of benzene rings is 1. The number of pyridine rings is 1. The van der Waals surface area contributed by atoms with Gasteiger partial charge < -0.3 is 29.6 Å². The van der Waals surface area contributed by atoms with Crippen LogP contribution in [0.15, 0.2) is 65.2 Å². The second-order valence-electron chi connectivity index (χ2n) is 7.40. The summed E-state index contributed by atoms with van der Waals surface area (Å²) < 4.78 is 11.1. The summed E-state index contributed by atoms with van der Waals surface area (Å²) in [4.78, 5) is 26.3. The van der Waals surface area contributed by atoms with Gasteiger partial charge in [0.1, 0.15) is 17.3 Å². The quantitative estimate of drug-likeness (QED) is 0.345. The number of aromatic nitrogens is 1. The van der Waals surface area contributed by atoms with Gasteiger partial charge in [-0.3, -0.25) is 9.88 Å². The zero-order valence-corrected chi connectivity index (χ0v) is 18.9. The number of carboxylic acid groups (broad SMARTS) is 2. The van der Waals surface area contributed by atoms with Crippen LogP contribution in [0.3, 0.4) is 0 Å². The zero-order chi connectivity index (χ0) is 25.1. The molecule has 182 valence electrons. The first-order chi connectivity index (χ1) is 16.2. The van der Waals surface area contributed by atoms with Crippen molar-refractivity contribution in [1.29, 1.82) is 0 Å². The lowest BCUT2D eigenvalue weighted by molar-refractivity contribution is -0.165. The fourth-order valence-electron chi connectivity index (χ4n) is 2.98. The number of hydrogen-bond donors (Lipinski definition) is 4. The van der Waals surface area contributed by atoms with E-state index in [0.29, 0.717) is 0 Å². The van der Waals surface area contributed by atoms with Gasteiger partial charge in [-0.2, -0.15) is 0 Å². The molecule has 0 aliphatic heterocycles. The summed E-state index contributed by atoms with van der Waals surface area (Å²) in [6.45, 7) is 4.27. The zero-order valence-electron chi connectivity index (χ0n) is 18.9. The van der Waals surface area contributed by atoms with Gasteiger partial charge in [0, 0.05) is 19.3 Å². The van der Waals surface area contributed by atoms with Gasteiger partial charge in [0.15, 0.2) is 12.2 Å². The fraction of sp³-hybridized carbons (Fsp3) is 0.292. The number of rotatable bonds is 10. The molecule has 3 aromatic rings. The predicted octanol–water partition coefficient (Wildman–Crippen LogP) is 2.07. The van der Waals surface area contributed by atoms with Gasteiger partial charge in [-0.05, 0) is 48.9 Å². The van der Waals surface area contributed by atoms with Crippen molar-refractivity contribution in [3.63, 3.8) is 0 Å². The van der Waals surface area contributed by atoms with Crippen LogP contribution < -0.4 is 4.74 Å². The average molecular weight is 472 g/mol. The summed E-state index contributed by atoms with van der Waals surface area (Å²) in [7, 11) is 1.69. The van der Waals surface area contributed by atoms with E-state index < -0.39 is 24.1 Å². The molecular weight excluding hydrogens is 444 g/mol. The molecule has 2 unspecified atom stereocenters. The van der Waals surface area contributed by atoms with Crippen LogP contribution in [-0.2, 0) is 29.2 Å². The Morgan fingerprint density at radius 2 is 1.68 bits per heavy atom. The molecule has 10 heteroatoms. The van der Waals surface area contributed by atoms with Crippen molar-refractivity contribution in [2.24, 2.45) is 0 Å². The molecule has 1 aromatic carbocycles. The molecule has 10 nitrogen and oxygen atoms in total. The van der Waals surface area contributed by atoms with E-state index in [-0.39, 0.29) is 0 Å². The Bertz CT molecular complexity index is 1040. The minimum Gasteiger partial charge on any atom is -0.497 e. The van der Waals surface area contributed by atoms with Crippen molar-refractivity contribution in [2.45, 2.75) is 38.8 Å². The molecule has 0 saturated heterocycles. The third-order valence-electron chi connectivity index (χ3n) is 4.63. The Labute approximate surface area is 196 Å². The Kier molecular flexibility index (Phi) is 10.2. The number of aliphatic hydroxyl groups is 2. The van der Waals surface area contributed by atoms with E-state index in [1.807, 2.05) is 55.6 Å². The van der Waals surface area contributed by atoms with Crippen molar-refractivity contribution in [2.75, 3.05) is 7.11 Å². The van der Waals surface area contributed by atoms with Crippen molar-refractivity contribution in [3.8, 4) is 5.75 Å². The molecule has 2 aromatic heterocycles. The highest BCUT2D eigenvalue weighted by Gasteiger charge is 2.29. The lowest BCUT2D eigenvalue weighted by Crippen LogP contribution is -2.39. The molecule has 2 atom stereocenters. The lowest BCUT2D eigenvalue weighted by Gasteiger charge is -2.21. The van der Waals surface area contributed by atoms with E-state index in [4.69, 9.17) is 29.6 Å². The highest BCUT2D eigenvalue weighted by molar-refractivity contribution is 5.83. The number of carboxylic acids is 2. The molecule has 0 saturated carbocycles. The molecule has 3 rings (SSSR count). The number of aliphatic carboxylic acids is 2. The molecular formula is C24H28N2O8. The SMILES string of the molecule is COc1cccc(CN(Cc2ccccn2)Cc2ccc(C)o2)c1.O=C(O)C(O)C(O)C(=O)O. The molecule has 4 N–H and O–H groups in total. The smallest absolute Gasteiger partial charge is 0.335 e. The molecule has 0 aliphatic carbocycles. The monoisotopic (exact) mass is 472 g/mol.